The van der Waals surface area contributed by atoms with Gasteiger partial charge in [0.25, 0.3) is 0 Å². The number of rotatable bonds is 7. The summed E-state index contributed by atoms with van der Waals surface area (Å²) in [6, 6.07) is 4.65. The molecule has 0 unspecified atom stereocenters. The molecule has 0 radical (unpaired) electrons. The van der Waals surface area contributed by atoms with Crippen LogP contribution in [0.4, 0.5) is 0 Å². The molecule has 2 rings (SSSR count). The number of Topliss-reactive ketones (excluding diaryl/α,β-unsaturated/α-hetero) is 1. The van der Waals surface area contributed by atoms with Gasteiger partial charge in [-0.2, -0.15) is 0 Å². The molecular formula is C17H21NO6. The van der Waals surface area contributed by atoms with Crippen LogP contribution in [0.1, 0.15) is 36.5 Å². The molecule has 7 nitrogen and oxygen atoms in total. The maximum atomic E-state index is 12.2. The molecule has 0 saturated heterocycles. The average Bonchev–Trinajstić information content (AvgIpc) is 2.58. The highest BCUT2D eigenvalue weighted by Crippen LogP contribution is 2.31. The minimum Gasteiger partial charge on any atom is -0.486 e. The molecule has 1 aliphatic heterocycles. The van der Waals surface area contributed by atoms with Gasteiger partial charge in [-0.3, -0.25) is 14.4 Å². The fourth-order valence-electron chi connectivity index (χ4n) is 2.32. The van der Waals surface area contributed by atoms with E-state index in [2.05, 4.69) is 10.1 Å². The number of ether oxygens (including phenoxy) is 3. The van der Waals surface area contributed by atoms with Gasteiger partial charge in [0.15, 0.2) is 17.3 Å². The Morgan fingerprint density at radius 2 is 1.88 bits per heavy atom. The number of carbonyl (C=O) groups is 3. The Morgan fingerprint density at radius 1 is 1.17 bits per heavy atom. The molecule has 1 aromatic carbocycles. The largest absolute Gasteiger partial charge is 0.486 e. The number of carbonyl (C=O) groups excluding carboxylic acids is 3. The lowest BCUT2D eigenvalue weighted by Gasteiger charge is -2.18. The van der Waals surface area contributed by atoms with Crippen LogP contribution < -0.4 is 14.8 Å². The monoisotopic (exact) mass is 335 g/mol. The molecule has 1 heterocycles. The molecule has 0 saturated carbocycles. The Balaban J connectivity index is 1.82. The zero-order chi connectivity index (χ0) is 17.5. The van der Waals surface area contributed by atoms with Gasteiger partial charge in [0, 0.05) is 24.4 Å². The number of amides is 1. The van der Waals surface area contributed by atoms with E-state index in [0.717, 1.165) is 0 Å². The van der Waals surface area contributed by atoms with Gasteiger partial charge in [-0.25, -0.2) is 0 Å². The second-order valence-electron chi connectivity index (χ2n) is 5.53. The lowest BCUT2D eigenvalue weighted by Crippen LogP contribution is -2.34. The third kappa shape index (κ3) is 4.97. The van der Waals surface area contributed by atoms with Crippen LogP contribution in [0.3, 0.4) is 0 Å². The van der Waals surface area contributed by atoms with Gasteiger partial charge in [-0.15, -0.1) is 0 Å². The Morgan fingerprint density at radius 3 is 2.58 bits per heavy atom. The number of hydrogen-bond donors (Lipinski definition) is 1. The second kappa shape index (κ2) is 8.33. The van der Waals surface area contributed by atoms with Gasteiger partial charge in [0.2, 0.25) is 5.91 Å². The second-order valence-corrected chi connectivity index (χ2v) is 5.53. The van der Waals surface area contributed by atoms with Crippen molar-refractivity contribution in [1.82, 2.24) is 5.32 Å². The predicted molar refractivity (Wildman–Crippen MR) is 85.2 cm³/mol. The van der Waals surface area contributed by atoms with Crippen LogP contribution in [0.15, 0.2) is 18.2 Å². The van der Waals surface area contributed by atoms with E-state index in [-0.39, 0.29) is 37.0 Å². The number of ketones is 1. The number of hydrogen-bond acceptors (Lipinski definition) is 6. The summed E-state index contributed by atoms with van der Waals surface area (Å²) in [6.45, 7) is 2.65. The lowest BCUT2D eigenvalue weighted by molar-refractivity contribution is -0.141. The van der Waals surface area contributed by atoms with E-state index in [1.54, 1.807) is 25.1 Å². The first kappa shape index (κ1) is 17.8. The lowest BCUT2D eigenvalue weighted by atomic mass is 10.1. The molecule has 0 bridgehead atoms. The third-order valence-corrected chi connectivity index (χ3v) is 3.55. The van der Waals surface area contributed by atoms with Crippen LogP contribution in [-0.2, 0) is 14.3 Å². The molecule has 24 heavy (non-hydrogen) atoms. The van der Waals surface area contributed by atoms with E-state index >= 15 is 0 Å². The van der Waals surface area contributed by atoms with Crippen molar-refractivity contribution < 1.29 is 28.6 Å². The van der Waals surface area contributed by atoms with Gasteiger partial charge in [-0.1, -0.05) is 0 Å². The maximum Gasteiger partial charge on any atom is 0.307 e. The van der Waals surface area contributed by atoms with Crippen LogP contribution >= 0.6 is 0 Å². The molecule has 1 atom stereocenters. The maximum absolute atomic E-state index is 12.2. The summed E-state index contributed by atoms with van der Waals surface area (Å²) in [5, 5.41) is 2.67. The van der Waals surface area contributed by atoms with Crippen molar-refractivity contribution in [2.45, 2.75) is 32.2 Å². The van der Waals surface area contributed by atoms with Gasteiger partial charge < -0.3 is 19.5 Å². The van der Waals surface area contributed by atoms with Crippen LogP contribution in [0, 0.1) is 0 Å². The van der Waals surface area contributed by atoms with E-state index in [0.29, 0.717) is 30.3 Å². The molecule has 0 aromatic heterocycles. The fraction of sp³-hybridized carbons (Fsp3) is 0.471. The summed E-state index contributed by atoms with van der Waals surface area (Å²) in [6.07, 6.45) is 0.230. The minimum atomic E-state index is -0.393. The standard InChI is InChI=1S/C17H21NO6/c1-11(9-17(21)22-2)18-16(20)6-4-13(19)12-3-5-14-15(10-12)24-8-7-23-14/h3,5,10-11H,4,6-9H2,1-2H3,(H,18,20)/t11-/m0/s1. The van der Waals surface area contributed by atoms with E-state index in [9.17, 15) is 14.4 Å². The Bertz CT molecular complexity index is 628. The van der Waals surface area contributed by atoms with Crippen molar-refractivity contribution >= 4 is 17.7 Å². The van der Waals surface area contributed by atoms with Gasteiger partial charge in [0.05, 0.1) is 13.5 Å². The summed E-state index contributed by atoms with van der Waals surface area (Å²) < 4.78 is 15.4. The Kier molecular flexibility index (Phi) is 6.17. The van der Waals surface area contributed by atoms with E-state index in [1.807, 2.05) is 0 Å². The molecule has 130 valence electrons. The van der Waals surface area contributed by atoms with Crippen molar-refractivity contribution in [2.75, 3.05) is 20.3 Å². The number of methoxy groups -OCH3 is 1. The molecule has 0 aliphatic carbocycles. The molecule has 1 amide bonds. The molecular weight excluding hydrogens is 314 g/mol. The van der Waals surface area contributed by atoms with Crippen LogP contribution in [-0.4, -0.2) is 44.0 Å². The van der Waals surface area contributed by atoms with E-state index in [4.69, 9.17) is 9.47 Å². The fourth-order valence-corrected chi connectivity index (χ4v) is 2.32. The van der Waals surface area contributed by atoms with Crippen molar-refractivity contribution in [1.29, 1.82) is 0 Å². The van der Waals surface area contributed by atoms with E-state index in [1.165, 1.54) is 7.11 Å². The quantitative estimate of drug-likeness (QED) is 0.600. The van der Waals surface area contributed by atoms with Crippen LogP contribution in [0.2, 0.25) is 0 Å². The highest BCUT2D eigenvalue weighted by molar-refractivity contribution is 5.98. The first-order valence-electron chi connectivity index (χ1n) is 7.78. The summed E-state index contributed by atoms with van der Waals surface area (Å²) in [5.74, 6) is 0.339. The first-order valence-corrected chi connectivity index (χ1v) is 7.78. The molecule has 1 N–H and O–H groups in total. The summed E-state index contributed by atoms with van der Waals surface area (Å²) in [4.78, 5) is 35.1. The van der Waals surface area contributed by atoms with Crippen molar-refractivity contribution in [3.05, 3.63) is 23.8 Å². The van der Waals surface area contributed by atoms with E-state index < -0.39 is 5.97 Å². The highest BCUT2D eigenvalue weighted by atomic mass is 16.6. The number of nitrogens with one attached hydrogen (secondary N) is 1. The summed E-state index contributed by atoms with van der Waals surface area (Å²) in [7, 11) is 1.29. The van der Waals surface area contributed by atoms with Crippen LogP contribution in [0.25, 0.3) is 0 Å². The Labute approximate surface area is 140 Å². The normalized spacial score (nSPS) is 13.8. The topological polar surface area (TPSA) is 90.9 Å². The third-order valence-electron chi connectivity index (χ3n) is 3.55. The first-order chi connectivity index (χ1) is 11.5. The molecule has 0 spiro atoms. The molecule has 0 fully saturated rings. The highest BCUT2D eigenvalue weighted by Gasteiger charge is 2.17. The molecule has 7 heteroatoms. The molecule has 1 aromatic rings. The van der Waals surface area contributed by atoms with Gasteiger partial charge in [0.1, 0.15) is 13.2 Å². The van der Waals surface area contributed by atoms with Crippen LogP contribution in [0.5, 0.6) is 11.5 Å². The van der Waals surface area contributed by atoms with Crippen molar-refractivity contribution in [2.24, 2.45) is 0 Å². The predicted octanol–water partition coefficient (Wildman–Crippen LogP) is 1.49. The van der Waals surface area contributed by atoms with Crippen molar-refractivity contribution in [3.8, 4) is 11.5 Å². The van der Waals surface area contributed by atoms with Gasteiger partial charge in [-0.05, 0) is 25.1 Å². The number of fused-ring (bicyclic) bond motifs is 1. The van der Waals surface area contributed by atoms with Gasteiger partial charge >= 0.3 is 5.97 Å². The minimum absolute atomic E-state index is 0.0544. The summed E-state index contributed by atoms with van der Waals surface area (Å²) in [5.41, 5.74) is 0.481. The molecule has 1 aliphatic rings. The zero-order valence-electron chi connectivity index (χ0n) is 13.8. The zero-order valence-corrected chi connectivity index (χ0v) is 13.8. The Hall–Kier alpha value is -2.57. The number of benzene rings is 1. The smallest absolute Gasteiger partial charge is 0.307 e. The summed E-state index contributed by atoms with van der Waals surface area (Å²) >= 11 is 0. The SMILES string of the molecule is COC(=O)C[C@H](C)NC(=O)CCC(=O)c1ccc2c(c1)OCCO2. The van der Waals surface area contributed by atoms with Crippen molar-refractivity contribution in [3.63, 3.8) is 0 Å². The number of esters is 1. The average molecular weight is 335 g/mol.